The summed E-state index contributed by atoms with van der Waals surface area (Å²) in [6.45, 7) is 0. The molecule has 3 aromatic carbocycles. The molecule has 3 rings (SSSR count). The van der Waals surface area contributed by atoms with Crippen molar-refractivity contribution in [2.75, 3.05) is 28.4 Å². The smallest absolute Gasteiger partial charge is 0.161 e. The minimum absolute atomic E-state index is 0.717. The Morgan fingerprint density at radius 2 is 0.636 bits per heavy atom. The number of fused-ring (bicyclic) bond motifs is 2. The summed E-state index contributed by atoms with van der Waals surface area (Å²) in [5.41, 5.74) is 0. The van der Waals surface area contributed by atoms with E-state index in [9.17, 15) is 0 Å². The van der Waals surface area contributed by atoms with Crippen molar-refractivity contribution in [3.8, 4) is 23.0 Å². The fourth-order valence-corrected chi connectivity index (χ4v) is 2.66. The first kappa shape index (κ1) is 14.3. The van der Waals surface area contributed by atoms with Crippen LogP contribution in [-0.4, -0.2) is 28.4 Å². The van der Waals surface area contributed by atoms with Gasteiger partial charge in [-0.25, -0.2) is 0 Å². The first-order valence-electron chi connectivity index (χ1n) is 6.91. The van der Waals surface area contributed by atoms with Crippen molar-refractivity contribution < 1.29 is 18.9 Å². The zero-order valence-corrected chi connectivity index (χ0v) is 13.1. The van der Waals surface area contributed by atoms with Crippen molar-refractivity contribution in [1.82, 2.24) is 0 Å². The third-order valence-electron chi connectivity index (χ3n) is 3.80. The SMILES string of the molecule is COc1cc2cc3cc(OC)c(OC)cc3cc2cc1OC. The van der Waals surface area contributed by atoms with Crippen LogP contribution in [0.15, 0.2) is 36.4 Å². The molecule has 0 aliphatic carbocycles. The highest BCUT2D eigenvalue weighted by Gasteiger charge is 2.10. The number of benzene rings is 3. The minimum atomic E-state index is 0.717. The van der Waals surface area contributed by atoms with Gasteiger partial charge in [-0.15, -0.1) is 0 Å². The quantitative estimate of drug-likeness (QED) is 0.682. The summed E-state index contributed by atoms with van der Waals surface area (Å²) in [6, 6.07) is 12.1. The molecule has 0 saturated heterocycles. The van der Waals surface area contributed by atoms with Crippen LogP contribution in [0.2, 0.25) is 0 Å². The lowest BCUT2D eigenvalue weighted by atomic mass is 10.0. The second kappa shape index (κ2) is 5.64. The second-order valence-corrected chi connectivity index (χ2v) is 4.96. The fraction of sp³-hybridized carbons (Fsp3) is 0.222. The Bertz CT molecular complexity index is 702. The van der Waals surface area contributed by atoms with Gasteiger partial charge in [0.15, 0.2) is 23.0 Å². The highest BCUT2D eigenvalue weighted by molar-refractivity contribution is 6.00. The van der Waals surface area contributed by atoms with Gasteiger partial charge < -0.3 is 18.9 Å². The Labute approximate surface area is 129 Å². The standard InChI is InChI=1S/C18H18O4/c1-19-15-7-11-5-13-9-17(21-3)18(22-4)10-14(13)6-12(11)8-16(15)20-2/h5-10H,1-4H3. The maximum atomic E-state index is 5.37. The maximum absolute atomic E-state index is 5.37. The maximum Gasteiger partial charge on any atom is 0.161 e. The van der Waals surface area contributed by atoms with Gasteiger partial charge in [-0.3, -0.25) is 0 Å². The largest absolute Gasteiger partial charge is 0.493 e. The van der Waals surface area contributed by atoms with E-state index in [0.717, 1.165) is 44.5 Å². The van der Waals surface area contributed by atoms with Gasteiger partial charge in [0.1, 0.15) is 0 Å². The molecular weight excluding hydrogens is 280 g/mol. The molecule has 0 bridgehead atoms. The van der Waals surface area contributed by atoms with E-state index in [1.54, 1.807) is 28.4 Å². The van der Waals surface area contributed by atoms with Gasteiger partial charge in [0.05, 0.1) is 28.4 Å². The average Bonchev–Trinajstić information content (AvgIpc) is 2.57. The van der Waals surface area contributed by atoms with E-state index in [1.165, 1.54) is 0 Å². The van der Waals surface area contributed by atoms with E-state index in [1.807, 2.05) is 24.3 Å². The van der Waals surface area contributed by atoms with E-state index in [2.05, 4.69) is 12.1 Å². The predicted octanol–water partition coefficient (Wildman–Crippen LogP) is 4.03. The van der Waals surface area contributed by atoms with Crippen molar-refractivity contribution in [2.45, 2.75) is 0 Å². The summed E-state index contributed by atoms with van der Waals surface area (Å²) in [5, 5.41) is 4.32. The molecule has 0 atom stereocenters. The molecule has 0 saturated carbocycles. The normalized spacial score (nSPS) is 10.7. The van der Waals surface area contributed by atoms with Crippen molar-refractivity contribution in [1.29, 1.82) is 0 Å². The lowest BCUT2D eigenvalue weighted by Crippen LogP contribution is -1.92. The molecule has 22 heavy (non-hydrogen) atoms. The van der Waals surface area contributed by atoms with Crippen LogP contribution < -0.4 is 18.9 Å². The average molecular weight is 298 g/mol. The Morgan fingerprint density at radius 3 is 0.818 bits per heavy atom. The number of methoxy groups -OCH3 is 4. The van der Waals surface area contributed by atoms with Crippen LogP contribution in [0.1, 0.15) is 0 Å². The van der Waals surface area contributed by atoms with Crippen LogP contribution in [0.25, 0.3) is 21.5 Å². The third-order valence-corrected chi connectivity index (χ3v) is 3.80. The first-order valence-corrected chi connectivity index (χ1v) is 6.91. The van der Waals surface area contributed by atoms with Crippen LogP contribution >= 0.6 is 0 Å². The van der Waals surface area contributed by atoms with Crippen molar-refractivity contribution >= 4 is 21.5 Å². The van der Waals surface area contributed by atoms with Gasteiger partial charge in [-0.1, -0.05) is 0 Å². The molecular formula is C18H18O4. The summed E-state index contributed by atoms with van der Waals surface area (Å²) in [4.78, 5) is 0. The zero-order valence-electron chi connectivity index (χ0n) is 13.1. The van der Waals surface area contributed by atoms with E-state index >= 15 is 0 Å². The molecule has 0 spiro atoms. The molecule has 4 nitrogen and oxygen atoms in total. The lowest BCUT2D eigenvalue weighted by molar-refractivity contribution is 0.355. The molecule has 0 unspecified atom stereocenters. The number of rotatable bonds is 4. The molecule has 0 aromatic heterocycles. The molecule has 0 radical (unpaired) electrons. The van der Waals surface area contributed by atoms with Gasteiger partial charge in [0, 0.05) is 0 Å². The number of hydrogen-bond donors (Lipinski definition) is 0. The highest BCUT2D eigenvalue weighted by Crippen LogP contribution is 2.37. The van der Waals surface area contributed by atoms with Crippen molar-refractivity contribution in [3.05, 3.63) is 36.4 Å². The van der Waals surface area contributed by atoms with Gasteiger partial charge in [0.2, 0.25) is 0 Å². The van der Waals surface area contributed by atoms with Gasteiger partial charge >= 0.3 is 0 Å². The van der Waals surface area contributed by atoms with Crippen LogP contribution in [0, 0.1) is 0 Å². The number of hydrogen-bond acceptors (Lipinski definition) is 4. The third kappa shape index (κ3) is 2.26. The van der Waals surface area contributed by atoms with E-state index < -0.39 is 0 Å². The summed E-state index contributed by atoms with van der Waals surface area (Å²) < 4.78 is 21.5. The van der Waals surface area contributed by atoms with E-state index in [-0.39, 0.29) is 0 Å². The summed E-state index contributed by atoms with van der Waals surface area (Å²) in [5.74, 6) is 2.87. The van der Waals surface area contributed by atoms with Crippen molar-refractivity contribution in [3.63, 3.8) is 0 Å². The van der Waals surface area contributed by atoms with Crippen LogP contribution in [0.3, 0.4) is 0 Å². The van der Waals surface area contributed by atoms with Crippen LogP contribution in [0.4, 0.5) is 0 Å². The van der Waals surface area contributed by atoms with Gasteiger partial charge in [0.25, 0.3) is 0 Å². The summed E-state index contributed by atoms with van der Waals surface area (Å²) in [7, 11) is 6.55. The fourth-order valence-electron chi connectivity index (χ4n) is 2.66. The summed E-state index contributed by atoms with van der Waals surface area (Å²) in [6.07, 6.45) is 0. The lowest BCUT2D eigenvalue weighted by Gasteiger charge is -2.12. The second-order valence-electron chi connectivity index (χ2n) is 4.96. The highest BCUT2D eigenvalue weighted by atomic mass is 16.5. The zero-order chi connectivity index (χ0) is 15.7. The Morgan fingerprint density at radius 1 is 0.409 bits per heavy atom. The minimum Gasteiger partial charge on any atom is -0.493 e. The van der Waals surface area contributed by atoms with E-state index in [4.69, 9.17) is 18.9 Å². The molecule has 0 fully saturated rings. The molecule has 114 valence electrons. The monoisotopic (exact) mass is 298 g/mol. The molecule has 0 aliphatic heterocycles. The van der Waals surface area contributed by atoms with Crippen molar-refractivity contribution in [2.24, 2.45) is 0 Å². The predicted molar refractivity (Wildman–Crippen MR) is 87.7 cm³/mol. The molecule has 0 heterocycles. The Balaban J connectivity index is 2.30. The topological polar surface area (TPSA) is 36.9 Å². The van der Waals surface area contributed by atoms with Crippen LogP contribution in [0.5, 0.6) is 23.0 Å². The first-order chi connectivity index (χ1) is 10.7. The van der Waals surface area contributed by atoms with Crippen LogP contribution in [-0.2, 0) is 0 Å². The molecule has 0 amide bonds. The Hall–Kier alpha value is -2.62. The van der Waals surface area contributed by atoms with E-state index in [0.29, 0.717) is 0 Å². The number of ether oxygens (including phenoxy) is 4. The molecule has 0 N–H and O–H groups in total. The molecule has 4 heteroatoms. The summed E-state index contributed by atoms with van der Waals surface area (Å²) >= 11 is 0. The Kier molecular flexibility index (Phi) is 3.67. The van der Waals surface area contributed by atoms with Gasteiger partial charge in [-0.05, 0) is 57.9 Å². The van der Waals surface area contributed by atoms with Gasteiger partial charge in [-0.2, -0.15) is 0 Å². The molecule has 3 aromatic rings. The molecule has 0 aliphatic rings.